The number of aryl methyl sites for hydroxylation is 1. The number of fused-ring (bicyclic) bond motifs is 1. The van der Waals surface area contributed by atoms with Crippen LogP contribution in [0.1, 0.15) is 36.4 Å². The van der Waals surface area contributed by atoms with Gasteiger partial charge in [0.1, 0.15) is 0 Å². The number of hydrogen-bond donors (Lipinski definition) is 2. The average molecular weight is 267 g/mol. The SMILES string of the molecule is CNCCCC(=O)NC1CCc2cc(Cl)ccc21. The van der Waals surface area contributed by atoms with Crippen molar-refractivity contribution < 1.29 is 4.79 Å². The Balaban J connectivity index is 1.91. The molecule has 4 heteroatoms. The van der Waals surface area contributed by atoms with Crippen LogP contribution in [0.4, 0.5) is 0 Å². The van der Waals surface area contributed by atoms with Crippen molar-refractivity contribution in [1.82, 2.24) is 10.6 Å². The highest BCUT2D eigenvalue weighted by Gasteiger charge is 2.23. The Hall–Kier alpha value is -1.06. The zero-order valence-corrected chi connectivity index (χ0v) is 11.4. The van der Waals surface area contributed by atoms with Crippen LogP contribution in [0.2, 0.25) is 5.02 Å². The van der Waals surface area contributed by atoms with E-state index in [2.05, 4.69) is 10.6 Å². The summed E-state index contributed by atoms with van der Waals surface area (Å²) in [7, 11) is 1.90. The summed E-state index contributed by atoms with van der Waals surface area (Å²) in [5.74, 6) is 0.137. The molecule has 0 aromatic heterocycles. The van der Waals surface area contributed by atoms with E-state index in [9.17, 15) is 4.79 Å². The summed E-state index contributed by atoms with van der Waals surface area (Å²) in [6.07, 6.45) is 3.44. The number of rotatable bonds is 5. The summed E-state index contributed by atoms with van der Waals surface area (Å²) >= 11 is 5.97. The third kappa shape index (κ3) is 3.24. The van der Waals surface area contributed by atoms with Crippen LogP contribution in [-0.4, -0.2) is 19.5 Å². The van der Waals surface area contributed by atoms with Gasteiger partial charge in [-0.1, -0.05) is 17.7 Å². The van der Waals surface area contributed by atoms with Gasteiger partial charge in [0.15, 0.2) is 0 Å². The second kappa shape index (κ2) is 6.21. The second-order valence-electron chi connectivity index (χ2n) is 4.71. The summed E-state index contributed by atoms with van der Waals surface area (Å²) < 4.78 is 0. The summed E-state index contributed by atoms with van der Waals surface area (Å²) in [5.41, 5.74) is 2.49. The van der Waals surface area contributed by atoms with E-state index in [0.29, 0.717) is 6.42 Å². The van der Waals surface area contributed by atoms with Crippen LogP contribution < -0.4 is 10.6 Å². The van der Waals surface area contributed by atoms with E-state index < -0.39 is 0 Å². The van der Waals surface area contributed by atoms with Gasteiger partial charge < -0.3 is 10.6 Å². The number of carbonyl (C=O) groups is 1. The lowest BCUT2D eigenvalue weighted by molar-refractivity contribution is -0.121. The molecule has 1 aromatic carbocycles. The van der Waals surface area contributed by atoms with Gasteiger partial charge in [0.25, 0.3) is 0 Å². The Labute approximate surface area is 113 Å². The predicted octanol–water partition coefficient (Wildman–Crippen LogP) is 2.44. The van der Waals surface area contributed by atoms with Crippen molar-refractivity contribution in [1.29, 1.82) is 0 Å². The molecule has 1 aromatic rings. The number of carbonyl (C=O) groups excluding carboxylic acids is 1. The van der Waals surface area contributed by atoms with Gasteiger partial charge in [0.05, 0.1) is 6.04 Å². The molecule has 0 bridgehead atoms. The summed E-state index contributed by atoms with van der Waals surface area (Å²) in [5, 5.41) is 6.92. The monoisotopic (exact) mass is 266 g/mol. The molecule has 18 heavy (non-hydrogen) atoms. The summed E-state index contributed by atoms with van der Waals surface area (Å²) in [4.78, 5) is 11.8. The lowest BCUT2D eigenvalue weighted by Gasteiger charge is -2.14. The van der Waals surface area contributed by atoms with E-state index in [1.165, 1.54) is 11.1 Å². The minimum absolute atomic E-state index is 0.137. The maximum atomic E-state index is 11.8. The number of benzene rings is 1. The van der Waals surface area contributed by atoms with Gasteiger partial charge in [-0.3, -0.25) is 4.79 Å². The van der Waals surface area contributed by atoms with Gasteiger partial charge in [0.2, 0.25) is 5.91 Å². The minimum Gasteiger partial charge on any atom is -0.349 e. The highest BCUT2D eigenvalue weighted by atomic mass is 35.5. The van der Waals surface area contributed by atoms with Gasteiger partial charge >= 0.3 is 0 Å². The molecule has 2 rings (SSSR count). The highest BCUT2D eigenvalue weighted by molar-refractivity contribution is 6.30. The topological polar surface area (TPSA) is 41.1 Å². The molecule has 0 spiro atoms. The second-order valence-corrected chi connectivity index (χ2v) is 5.15. The number of halogens is 1. The van der Waals surface area contributed by atoms with Crippen molar-refractivity contribution in [2.24, 2.45) is 0 Å². The zero-order chi connectivity index (χ0) is 13.0. The van der Waals surface area contributed by atoms with Crippen molar-refractivity contribution in [3.63, 3.8) is 0 Å². The molecule has 3 nitrogen and oxygen atoms in total. The Morgan fingerprint density at radius 2 is 2.33 bits per heavy atom. The Morgan fingerprint density at radius 3 is 3.11 bits per heavy atom. The molecule has 1 unspecified atom stereocenters. The first kappa shape index (κ1) is 13.4. The minimum atomic E-state index is 0.137. The van der Waals surface area contributed by atoms with E-state index in [1.807, 2.05) is 25.2 Å². The fraction of sp³-hybridized carbons (Fsp3) is 0.500. The third-order valence-electron chi connectivity index (χ3n) is 3.35. The average Bonchev–Trinajstić information content (AvgIpc) is 2.72. The van der Waals surface area contributed by atoms with E-state index >= 15 is 0 Å². The molecule has 2 N–H and O–H groups in total. The first-order valence-electron chi connectivity index (χ1n) is 6.43. The Morgan fingerprint density at radius 1 is 1.50 bits per heavy atom. The normalized spacial score (nSPS) is 17.6. The van der Waals surface area contributed by atoms with Crippen LogP contribution >= 0.6 is 11.6 Å². The van der Waals surface area contributed by atoms with Crippen LogP contribution in [0, 0.1) is 0 Å². The van der Waals surface area contributed by atoms with E-state index in [4.69, 9.17) is 11.6 Å². The van der Waals surface area contributed by atoms with Crippen LogP contribution in [0.3, 0.4) is 0 Å². The molecule has 1 aliphatic rings. The molecule has 1 atom stereocenters. The van der Waals surface area contributed by atoms with Crippen LogP contribution in [0.25, 0.3) is 0 Å². The smallest absolute Gasteiger partial charge is 0.220 e. The van der Waals surface area contributed by atoms with Gasteiger partial charge in [-0.2, -0.15) is 0 Å². The standard InChI is InChI=1S/C14H19ClN2O/c1-16-8-2-3-14(18)17-13-7-4-10-9-11(15)5-6-12(10)13/h5-6,9,13,16H,2-4,7-8H2,1H3,(H,17,18). The molecule has 98 valence electrons. The molecule has 0 saturated carbocycles. The fourth-order valence-electron chi connectivity index (χ4n) is 2.43. The zero-order valence-electron chi connectivity index (χ0n) is 10.6. The molecule has 1 aliphatic carbocycles. The largest absolute Gasteiger partial charge is 0.349 e. The summed E-state index contributed by atoms with van der Waals surface area (Å²) in [6, 6.07) is 6.10. The molecule has 0 radical (unpaired) electrons. The van der Waals surface area contributed by atoms with E-state index in [0.717, 1.165) is 30.8 Å². The Kier molecular flexibility index (Phi) is 4.61. The van der Waals surface area contributed by atoms with Crippen molar-refractivity contribution >= 4 is 17.5 Å². The van der Waals surface area contributed by atoms with Gasteiger partial charge in [0, 0.05) is 11.4 Å². The molecule has 1 amide bonds. The highest BCUT2D eigenvalue weighted by Crippen LogP contribution is 2.32. The molecular weight excluding hydrogens is 248 g/mol. The number of amides is 1. The predicted molar refractivity (Wildman–Crippen MR) is 73.8 cm³/mol. The van der Waals surface area contributed by atoms with Crippen molar-refractivity contribution in [3.8, 4) is 0 Å². The molecule has 0 aliphatic heterocycles. The van der Waals surface area contributed by atoms with E-state index in [-0.39, 0.29) is 11.9 Å². The maximum absolute atomic E-state index is 11.8. The van der Waals surface area contributed by atoms with Crippen molar-refractivity contribution in [2.75, 3.05) is 13.6 Å². The fourth-order valence-corrected chi connectivity index (χ4v) is 2.62. The number of hydrogen-bond acceptors (Lipinski definition) is 2. The van der Waals surface area contributed by atoms with Crippen LogP contribution in [0.15, 0.2) is 18.2 Å². The van der Waals surface area contributed by atoms with E-state index in [1.54, 1.807) is 0 Å². The quantitative estimate of drug-likeness (QED) is 0.804. The summed E-state index contributed by atoms with van der Waals surface area (Å²) in [6.45, 7) is 0.879. The van der Waals surface area contributed by atoms with Crippen molar-refractivity contribution in [3.05, 3.63) is 34.3 Å². The molecular formula is C14H19ClN2O. The Bertz CT molecular complexity index is 434. The van der Waals surface area contributed by atoms with Crippen molar-refractivity contribution in [2.45, 2.75) is 31.7 Å². The van der Waals surface area contributed by atoms with Gasteiger partial charge in [-0.05, 0) is 56.1 Å². The first-order chi connectivity index (χ1) is 8.70. The van der Waals surface area contributed by atoms with Gasteiger partial charge in [-0.25, -0.2) is 0 Å². The molecule has 0 fully saturated rings. The lowest BCUT2D eigenvalue weighted by atomic mass is 10.1. The first-order valence-corrected chi connectivity index (χ1v) is 6.81. The maximum Gasteiger partial charge on any atom is 0.220 e. The third-order valence-corrected chi connectivity index (χ3v) is 3.58. The molecule has 0 saturated heterocycles. The number of nitrogens with one attached hydrogen (secondary N) is 2. The lowest BCUT2D eigenvalue weighted by Crippen LogP contribution is -2.27. The van der Waals surface area contributed by atoms with Crippen LogP contribution in [-0.2, 0) is 11.2 Å². The van der Waals surface area contributed by atoms with Gasteiger partial charge in [-0.15, -0.1) is 0 Å². The molecule has 0 heterocycles. The van der Waals surface area contributed by atoms with Crippen LogP contribution in [0.5, 0.6) is 0 Å².